The van der Waals surface area contributed by atoms with E-state index < -0.39 is 10.0 Å². The van der Waals surface area contributed by atoms with Crippen molar-refractivity contribution in [1.82, 2.24) is 9.62 Å². The summed E-state index contributed by atoms with van der Waals surface area (Å²) in [6.45, 7) is 6.73. The maximum atomic E-state index is 12.9. The van der Waals surface area contributed by atoms with Crippen LogP contribution in [0.4, 0.5) is 0 Å². The number of benzene rings is 1. The minimum absolute atomic E-state index is 0.0521. The molecule has 0 heterocycles. The Bertz CT molecular complexity index is 846. The highest BCUT2D eigenvalue weighted by atomic mass is 79.9. The normalized spacial score (nSPS) is 30.0. The number of sulfonamides is 1. The Morgan fingerprint density at radius 2 is 1.92 bits per heavy atom. The molecule has 3 atom stereocenters. The van der Waals surface area contributed by atoms with E-state index in [4.69, 9.17) is 0 Å². The number of carbonyl (C=O) groups excluding carboxylic acids is 1. The van der Waals surface area contributed by atoms with Gasteiger partial charge in [0, 0.05) is 30.2 Å². The van der Waals surface area contributed by atoms with E-state index in [1.165, 1.54) is 26.6 Å². The summed E-state index contributed by atoms with van der Waals surface area (Å²) in [5.74, 6) is 0.423. The molecule has 1 aromatic carbocycles. The molecule has 0 aliphatic heterocycles. The zero-order chi connectivity index (χ0) is 19.5. The van der Waals surface area contributed by atoms with Crippen molar-refractivity contribution in [2.75, 3.05) is 14.1 Å². The SMILES string of the molecule is CN(C)S(=O)(=O)c1cc(C(=O)NC2C3(C)CC[C@H](C3)C2(C)C)ccc1Br. The molecule has 3 rings (SSSR count). The van der Waals surface area contributed by atoms with E-state index in [9.17, 15) is 13.2 Å². The topological polar surface area (TPSA) is 66.5 Å². The second-order valence-electron chi connectivity index (χ2n) is 8.75. The standard InChI is InChI=1S/C19H27BrN2O3S/c1-18(2)13-8-9-19(3,11-13)17(18)21-16(23)12-6-7-14(20)15(10-12)26(24,25)22(4)5/h6-7,10,13,17H,8-9,11H2,1-5H3,(H,21,23)/t13-,17?,19?/m1/s1. The van der Waals surface area contributed by atoms with E-state index in [2.05, 4.69) is 42.0 Å². The third kappa shape index (κ3) is 3.02. The van der Waals surface area contributed by atoms with Gasteiger partial charge < -0.3 is 5.32 Å². The number of hydrogen-bond acceptors (Lipinski definition) is 3. The summed E-state index contributed by atoms with van der Waals surface area (Å²) >= 11 is 3.29. The number of nitrogens with zero attached hydrogens (tertiary/aromatic N) is 1. The molecule has 2 aliphatic carbocycles. The quantitative estimate of drug-likeness (QED) is 0.773. The molecule has 0 aromatic heterocycles. The van der Waals surface area contributed by atoms with Crippen LogP contribution in [0.1, 0.15) is 50.4 Å². The lowest BCUT2D eigenvalue weighted by molar-refractivity contribution is 0.0737. The first-order valence-electron chi connectivity index (χ1n) is 8.92. The molecule has 0 spiro atoms. The molecular formula is C19H27BrN2O3S. The molecule has 2 fully saturated rings. The van der Waals surface area contributed by atoms with Gasteiger partial charge in [0.25, 0.3) is 5.91 Å². The van der Waals surface area contributed by atoms with Gasteiger partial charge in [0.15, 0.2) is 0 Å². The molecule has 0 saturated heterocycles. The molecule has 144 valence electrons. The van der Waals surface area contributed by atoms with Gasteiger partial charge >= 0.3 is 0 Å². The van der Waals surface area contributed by atoms with Crippen LogP contribution >= 0.6 is 15.9 Å². The number of carbonyl (C=O) groups is 1. The van der Waals surface area contributed by atoms with Crippen molar-refractivity contribution in [2.24, 2.45) is 16.7 Å². The van der Waals surface area contributed by atoms with Gasteiger partial charge in [-0.15, -0.1) is 0 Å². The lowest BCUT2D eigenvalue weighted by atomic mass is 9.68. The highest BCUT2D eigenvalue weighted by molar-refractivity contribution is 9.10. The summed E-state index contributed by atoms with van der Waals surface area (Å²) in [4.78, 5) is 13.0. The Morgan fingerprint density at radius 1 is 1.27 bits per heavy atom. The van der Waals surface area contributed by atoms with Gasteiger partial charge in [0.1, 0.15) is 0 Å². The zero-order valence-electron chi connectivity index (χ0n) is 16.0. The van der Waals surface area contributed by atoms with Gasteiger partial charge in [-0.1, -0.05) is 20.8 Å². The lowest BCUT2D eigenvalue weighted by Crippen LogP contribution is -2.52. The van der Waals surface area contributed by atoms with E-state index >= 15 is 0 Å². The molecule has 1 aromatic rings. The summed E-state index contributed by atoms with van der Waals surface area (Å²) in [5.41, 5.74) is 0.546. The van der Waals surface area contributed by atoms with Gasteiger partial charge in [-0.2, -0.15) is 0 Å². The van der Waals surface area contributed by atoms with E-state index in [0.29, 0.717) is 16.0 Å². The third-order valence-electron chi connectivity index (χ3n) is 6.50. The zero-order valence-corrected chi connectivity index (χ0v) is 18.4. The van der Waals surface area contributed by atoms with Gasteiger partial charge in [-0.05, 0) is 70.1 Å². The molecule has 26 heavy (non-hydrogen) atoms. The van der Waals surface area contributed by atoms with Crippen molar-refractivity contribution >= 4 is 31.9 Å². The van der Waals surface area contributed by atoms with Crippen LogP contribution in [-0.2, 0) is 10.0 Å². The predicted molar refractivity (Wildman–Crippen MR) is 105 cm³/mol. The van der Waals surface area contributed by atoms with Crippen LogP contribution in [0.25, 0.3) is 0 Å². The van der Waals surface area contributed by atoms with Gasteiger partial charge in [-0.25, -0.2) is 12.7 Å². The average Bonchev–Trinajstić information content (AvgIpc) is 3.02. The molecule has 2 aliphatic rings. The maximum absolute atomic E-state index is 12.9. The van der Waals surface area contributed by atoms with Crippen molar-refractivity contribution in [1.29, 1.82) is 0 Å². The highest BCUT2D eigenvalue weighted by Crippen LogP contribution is 2.62. The van der Waals surface area contributed by atoms with Crippen LogP contribution in [0.3, 0.4) is 0 Å². The van der Waals surface area contributed by atoms with Gasteiger partial charge in [0.2, 0.25) is 10.0 Å². The first kappa shape index (κ1) is 19.8. The number of fused-ring (bicyclic) bond motifs is 2. The first-order chi connectivity index (χ1) is 11.9. The minimum Gasteiger partial charge on any atom is -0.348 e. The number of halogens is 1. The predicted octanol–water partition coefficient (Wildman–Crippen LogP) is 3.64. The Balaban J connectivity index is 1.90. The summed E-state index contributed by atoms with van der Waals surface area (Å²) in [5, 5.41) is 3.22. The van der Waals surface area contributed by atoms with E-state index in [0.717, 1.165) is 17.1 Å². The summed E-state index contributed by atoms with van der Waals surface area (Å²) < 4.78 is 26.6. The Kier molecular flexibility index (Phi) is 4.81. The summed E-state index contributed by atoms with van der Waals surface area (Å²) in [6.07, 6.45) is 3.50. The minimum atomic E-state index is -3.63. The molecule has 0 radical (unpaired) electrons. The second-order valence-corrected chi connectivity index (χ2v) is 11.7. The van der Waals surface area contributed by atoms with Crippen molar-refractivity contribution in [3.8, 4) is 0 Å². The van der Waals surface area contributed by atoms with E-state index in [1.807, 2.05) is 0 Å². The molecule has 1 amide bonds. The second kappa shape index (κ2) is 6.31. The maximum Gasteiger partial charge on any atom is 0.251 e. The first-order valence-corrected chi connectivity index (χ1v) is 11.2. The van der Waals surface area contributed by atoms with Crippen molar-refractivity contribution in [2.45, 2.75) is 51.0 Å². The van der Waals surface area contributed by atoms with Crippen LogP contribution in [0.2, 0.25) is 0 Å². The van der Waals surface area contributed by atoms with Crippen LogP contribution in [-0.4, -0.2) is 38.8 Å². The Hall–Kier alpha value is -0.920. The molecule has 5 nitrogen and oxygen atoms in total. The Labute approximate surface area is 164 Å². The fourth-order valence-corrected chi connectivity index (χ4v) is 6.76. The largest absolute Gasteiger partial charge is 0.348 e. The number of rotatable bonds is 4. The molecule has 2 bridgehead atoms. The van der Waals surface area contributed by atoms with Crippen molar-refractivity contribution in [3.63, 3.8) is 0 Å². The molecule has 2 saturated carbocycles. The fraction of sp³-hybridized carbons (Fsp3) is 0.632. The molecule has 7 heteroatoms. The number of nitrogens with one attached hydrogen (secondary N) is 1. The molecule has 1 N–H and O–H groups in total. The van der Waals surface area contributed by atoms with Gasteiger partial charge in [-0.3, -0.25) is 4.79 Å². The fourth-order valence-electron chi connectivity index (χ4n) is 4.92. The number of hydrogen-bond donors (Lipinski definition) is 1. The smallest absolute Gasteiger partial charge is 0.251 e. The van der Waals surface area contributed by atoms with Crippen molar-refractivity contribution < 1.29 is 13.2 Å². The number of amides is 1. The van der Waals surface area contributed by atoms with E-state index in [-0.39, 0.29) is 27.7 Å². The van der Waals surface area contributed by atoms with Crippen molar-refractivity contribution in [3.05, 3.63) is 28.2 Å². The average molecular weight is 443 g/mol. The summed E-state index contributed by atoms with van der Waals surface area (Å²) in [6, 6.07) is 4.84. The lowest BCUT2D eigenvalue weighted by Gasteiger charge is -2.43. The monoisotopic (exact) mass is 442 g/mol. The molecule has 2 unspecified atom stereocenters. The van der Waals surface area contributed by atoms with E-state index in [1.54, 1.807) is 12.1 Å². The Morgan fingerprint density at radius 3 is 2.46 bits per heavy atom. The van der Waals surface area contributed by atoms with Gasteiger partial charge in [0.05, 0.1) is 4.90 Å². The van der Waals surface area contributed by atoms with Crippen LogP contribution in [0.5, 0.6) is 0 Å². The van der Waals surface area contributed by atoms with Crippen LogP contribution in [0.15, 0.2) is 27.6 Å². The highest BCUT2D eigenvalue weighted by Gasteiger charge is 2.59. The molecular weight excluding hydrogens is 416 g/mol. The van der Waals surface area contributed by atoms with Crippen LogP contribution in [0, 0.1) is 16.7 Å². The summed E-state index contributed by atoms with van der Waals surface area (Å²) in [7, 11) is -0.669. The third-order valence-corrected chi connectivity index (χ3v) is 9.31. The van der Waals surface area contributed by atoms with Crippen LogP contribution < -0.4 is 5.32 Å².